The Balaban J connectivity index is 1.67. The number of fused-ring (bicyclic) bond motifs is 1. The molecule has 4 heteroatoms. The summed E-state index contributed by atoms with van der Waals surface area (Å²) in [5, 5.41) is 1.41. The second-order valence-corrected chi connectivity index (χ2v) is 5.63. The van der Waals surface area contributed by atoms with Gasteiger partial charge in [-0.15, -0.1) is 0 Å². The number of benzene rings is 1. The van der Waals surface area contributed by atoms with Crippen LogP contribution in [0.2, 0.25) is 5.02 Å². The number of ketones is 1. The van der Waals surface area contributed by atoms with E-state index in [0.717, 1.165) is 31.3 Å². The number of hydrogen-bond donors (Lipinski definition) is 0. The van der Waals surface area contributed by atoms with Crippen LogP contribution < -0.4 is 0 Å². The smallest absolute Gasteiger partial charge is 0.198 e. The highest BCUT2D eigenvalue weighted by Crippen LogP contribution is 2.27. The number of halogens is 1. The van der Waals surface area contributed by atoms with Crippen molar-refractivity contribution in [3.8, 4) is 0 Å². The number of carbonyl (C=O) groups is 1. The third kappa shape index (κ3) is 2.89. The highest BCUT2D eigenvalue weighted by Gasteiger charge is 2.18. The van der Waals surface area contributed by atoms with Crippen LogP contribution in [0.4, 0.5) is 0 Å². The van der Waals surface area contributed by atoms with Gasteiger partial charge in [0.2, 0.25) is 0 Å². The van der Waals surface area contributed by atoms with Crippen molar-refractivity contribution < 1.29 is 13.9 Å². The first-order valence-corrected chi connectivity index (χ1v) is 7.45. The minimum Gasteiger partial charge on any atom is -0.451 e. The molecule has 1 unspecified atom stereocenters. The molecular weight excluding hydrogens is 276 g/mol. The molecule has 0 bridgehead atoms. The Labute approximate surface area is 122 Å². The van der Waals surface area contributed by atoms with Crippen molar-refractivity contribution in [2.75, 3.05) is 6.61 Å². The van der Waals surface area contributed by atoms with Gasteiger partial charge in [0, 0.05) is 18.4 Å². The van der Waals surface area contributed by atoms with Crippen molar-refractivity contribution in [2.24, 2.45) is 0 Å². The molecule has 1 aliphatic heterocycles. The number of carbonyl (C=O) groups excluding carboxylic acids is 1. The topological polar surface area (TPSA) is 39.4 Å². The maximum absolute atomic E-state index is 12.2. The molecule has 1 aromatic carbocycles. The molecule has 0 aliphatic carbocycles. The summed E-state index contributed by atoms with van der Waals surface area (Å²) in [4.78, 5) is 12.2. The number of Topliss-reactive ketones (excluding diaryl/α,β-unsaturated/α-hetero) is 1. The Hall–Kier alpha value is -1.32. The predicted molar refractivity (Wildman–Crippen MR) is 78.4 cm³/mol. The molecule has 0 saturated carbocycles. The monoisotopic (exact) mass is 292 g/mol. The zero-order chi connectivity index (χ0) is 13.9. The third-order valence-electron chi connectivity index (χ3n) is 3.74. The molecular formula is C16H17ClO3. The zero-order valence-electron chi connectivity index (χ0n) is 11.2. The molecule has 2 heterocycles. The Kier molecular flexibility index (Phi) is 4.08. The third-order valence-corrected chi connectivity index (χ3v) is 4.04. The molecule has 0 spiro atoms. The van der Waals surface area contributed by atoms with E-state index in [0.29, 0.717) is 22.8 Å². The van der Waals surface area contributed by atoms with Crippen LogP contribution >= 0.6 is 11.6 Å². The fourth-order valence-electron chi connectivity index (χ4n) is 2.62. The molecule has 1 aromatic heterocycles. The van der Waals surface area contributed by atoms with E-state index in [2.05, 4.69) is 0 Å². The summed E-state index contributed by atoms with van der Waals surface area (Å²) >= 11 is 6.05. The lowest BCUT2D eigenvalue weighted by Crippen LogP contribution is -2.19. The fraction of sp³-hybridized carbons (Fsp3) is 0.438. The SMILES string of the molecule is O=C(CCC1CCCCO1)c1cc2cccc(Cl)c2o1. The molecule has 0 N–H and O–H groups in total. The van der Waals surface area contributed by atoms with Gasteiger partial charge in [-0.1, -0.05) is 23.7 Å². The highest BCUT2D eigenvalue weighted by molar-refractivity contribution is 6.34. The van der Waals surface area contributed by atoms with Gasteiger partial charge in [-0.3, -0.25) is 4.79 Å². The molecule has 1 atom stereocenters. The predicted octanol–water partition coefficient (Wildman–Crippen LogP) is 4.62. The highest BCUT2D eigenvalue weighted by atomic mass is 35.5. The standard InChI is InChI=1S/C16H17ClO3/c17-13-6-3-4-11-10-15(20-16(11)13)14(18)8-7-12-5-1-2-9-19-12/h3-4,6,10,12H,1-2,5,7-9H2. The molecule has 0 radical (unpaired) electrons. The van der Waals surface area contributed by atoms with Gasteiger partial charge in [0.25, 0.3) is 0 Å². The van der Waals surface area contributed by atoms with E-state index in [-0.39, 0.29) is 11.9 Å². The summed E-state index contributed by atoms with van der Waals surface area (Å²) in [5.74, 6) is 0.412. The van der Waals surface area contributed by atoms with Crippen molar-refractivity contribution in [2.45, 2.75) is 38.2 Å². The van der Waals surface area contributed by atoms with Gasteiger partial charge < -0.3 is 9.15 Å². The van der Waals surface area contributed by atoms with E-state index in [9.17, 15) is 4.79 Å². The Morgan fingerprint density at radius 1 is 1.35 bits per heavy atom. The molecule has 1 saturated heterocycles. The average molecular weight is 293 g/mol. The Morgan fingerprint density at radius 3 is 3.00 bits per heavy atom. The molecule has 106 valence electrons. The zero-order valence-corrected chi connectivity index (χ0v) is 12.0. The Morgan fingerprint density at radius 2 is 2.25 bits per heavy atom. The summed E-state index contributed by atoms with van der Waals surface area (Å²) in [6, 6.07) is 7.28. The number of ether oxygens (including phenoxy) is 1. The van der Waals surface area contributed by atoms with E-state index in [1.165, 1.54) is 6.42 Å². The first kappa shape index (κ1) is 13.7. The van der Waals surface area contributed by atoms with Crippen LogP contribution in [-0.2, 0) is 4.74 Å². The normalized spacial score (nSPS) is 19.4. The lowest BCUT2D eigenvalue weighted by molar-refractivity contribution is 0.0103. The molecule has 0 amide bonds. The first-order valence-electron chi connectivity index (χ1n) is 7.07. The van der Waals surface area contributed by atoms with E-state index in [1.54, 1.807) is 12.1 Å². The quantitative estimate of drug-likeness (QED) is 0.772. The molecule has 20 heavy (non-hydrogen) atoms. The minimum absolute atomic E-state index is 0.0199. The molecule has 1 aliphatic rings. The van der Waals surface area contributed by atoms with Gasteiger partial charge in [0.15, 0.2) is 17.1 Å². The van der Waals surface area contributed by atoms with Gasteiger partial charge in [-0.2, -0.15) is 0 Å². The number of para-hydroxylation sites is 1. The van der Waals surface area contributed by atoms with Gasteiger partial charge in [0.1, 0.15) is 0 Å². The Bertz CT molecular complexity index is 611. The number of furan rings is 1. The lowest BCUT2D eigenvalue weighted by atomic mass is 10.0. The van der Waals surface area contributed by atoms with E-state index in [1.807, 2.05) is 12.1 Å². The van der Waals surface area contributed by atoms with Gasteiger partial charge in [-0.25, -0.2) is 0 Å². The lowest BCUT2D eigenvalue weighted by Gasteiger charge is -2.21. The van der Waals surface area contributed by atoms with E-state index >= 15 is 0 Å². The summed E-state index contributed by atoms with van der Waals surface area (Å²) < 4.78 is 11.2. The maximum atomic E-state index is 12.2. The van der Waals surface area contributed by atoms with Crippen LogP contribution in [0, 0.1) is 0 Å². The van der Waals surface area contributed by atoms with Crippen molar-refractivity contribution in [1.82, 2.24) is 0 Å². The average Bonchev–Trinajstić information content (AvgIpc) is 2.91. The van der Waals surface area contributed by atoms with Crippen LogP contribution in [0.25, 0.3) is 11.0 Å². The second-order valence-electron chi connectivity index (χ2n) is 5.22. The van der Waals surface area contributed by atoms with Crippen LogP contribution in [0.5, 0.6) is 0 Å². The molecule has 3 nitrogen and oxygen atoms in total. The summed E-state index contributed by atoms with van der Waals surface area (Å²) in [7, 11) is 0. The minimum atomic E-state index is 0.0199. The largest absolute Gasteiger partial charge is 0.451 e. The van der Waals surface area contributed by atoms with E-state index < -0.39 is 0 Å². The van der Waals surface area contributed by atoms with Gasteiger partial charge in [-0.05, 0) is 37.8 Å². The van der Waals surface area contributed by atoms with Gasteiger partial charge >= 0.3 is 0 Å². The van der Waals surface area contributed by atoms with Crippen LogP contribution in [0.1, 0.15) is 42.7 Å². The van der Waals surface area contributed by atoms with Crippen molar-refractivity contribution in [3.63, 3.8) is 0 Å². The van der Waals surface area contributed by atoms with Gasteiger partial charge in [0.05, 0.1) is 11.1 Å². The number of hydrogen-bond acceptors (Lipinski definition) is 3. The van der Waals surface area contributed by atoms with Crippen LogP contribution in [0.15, 0.2) is 28.7 Å². The van der Waals surface area contributed by atoms with Crippen LogP contribution in [-0.4, -0.2) is 18.5 Å². The first-order chi connectivity index (χ1) is 9.74. The second kappa shape index (κ2) is 5.98. The molecule has 1 fully saturated rings. The van der Waals surface area contributed by atoms with Crippen molar-refractivity contribution in [3.05, 3.63) is 35.0 Å². The molecule has 3 rings (SSSR count). The fourth-order valence-corrected chi connectivity index (χ4v) is 2.84. The summed E-state index contributed by atoms with van der Waals surface area (Å²) in [6.45, 7) is 0.819. The van der Waals surface area contributed by atoms with Crippen molar-refractivity contribution in [1.29, 1.82) is 0 Å². The van der Waals surface area contributed by atoms with Crippen molar-refractivity contribution >= 4 is 28.4 Å². The summed E-state index contributed by atoms with van der Waals surface area (Å²) in [5.41, 5.74) is 0.589. The molecule has 2 aromatic rings. The number of rotatable bonds is 4. The van der Waals surface area contributed by atoms with Crippen LogP contribution in [0.3, 0.4) is 0 Å². The van der Waals surface area contributed by atoms with E-state index in [4.69, 9.17) is 20.8 Å². The summed E-state index contributed by atoms with van der Waals surface area (Å²) in [6.07, 6.45) is 4.83. The maximum Gasteiger partial charge on any atom is 0.198 e.